The van der Waals surface area contributed by atoms with Crippen LogP contribution < -0.4 is 4.74 Å². The third kappa shape index (κ3) is 1.67. The summed E-state index contributed by atoms with van der Waals surface area (Å²) in [6.45, 7) is 1.77. The first-order chi connectivity index (χ1) is 7.00. The molecule has 15 heavy (non-hydrogen) atoms. The van der Waals surface area contributed by atoms with Crippen molar-refractivity contribution in [3.8, 4) is 5.75 Å². The van der Waals surface area contributed by atoms with E-state index in [1.807, 2.05) is 0 Å². The fourth-order valence-electron chi connectivity index (χ4n) is 1.68. The fourth-order valence-corrected chi connectivity index (χ4v) is 1.68. The van der Waals surface area contributed by atoms with Gasteiger partial charge >= 0.3 is 5.97 Å². The molecule has 0 fully saturated rings. The summed E-state index contributed by atoms with van der Waals surface area (Å²) in [5, 5.41) is 8.79. The number of carbonyl (C=O) groups is 1. The van der Waals surface area contributed by atoms with Gasteiger partial charge in [-0.05, 0) is 25.1 Å². The van der Waals surface area contributed by atoms with Crippen LogP contribution >= 0.6 is 0 Å². The highest BCUT2D eigenvalue weighted by Crippen LogP contribution is 2.40. The van der Waals surface area contributed by atoms with Crippen molar-refractivity contribution < 1.29 is 19.0 Å². The first-order valence-electron chi connectivity index (χ1n) is 4.70. The second-order valence-electron chi connectivity index (χ2n) is 3.81. The highest BCUT2D eigenvalue weighted by Gasteiger charge is 2.33. The second-order valence-corrected chi connectivity index (χ2v) is 3.81. The third-order valence-electron chi connectivity index (χ3n) is 2.62. The number of aromatic carboxylic acids is 1. The number of ether oxygens (including phenoxy) is 1. The van der Waals surface area contributed by atoms with Crippen LogP contribution in [0.25, 0.3) is 0 Å². The number of benzene rings is 1. The van der Waals surface area contributed by atoms with Crippen molar-refractivity contribution in [2.75, 3.05) is 6.61 Å². The molecule has 3 nitrogen and oxygen atoms in total. The molecule has 0 radical (unpaired) electrons. The predicted molar refractivity (Wildman–Crippen MR) is 52.0 cm³/mol. The van der Waals surface area contributed by atoms with Gasteiger partial charge in [-0.3, -0.25) is 0 Å². The SMILES string of the molecule is CC1(F)CCOc2ccc(C(=O)O)cc21. The number of carboxylic acid groups (broad SMARTS) is 1. The Morgan fingerprint density at radius 1 is 1.60 bits per heavy atom. The number of alkyl halides is 1. The molecule has 1 heterocycles. The molecule has 0 amide bonds. The van der Waals surface area contributed by atoms with Gasteiger partial charge in [0, 0.05) is 12.0 Å². The zero-order valence-corrected chi connectivity index (χ0v) is 8.29. The monoisotopic (exact) mass is 210 g/mol. The van der Waals surface area contributed by atoms with Crippen LogP contribution in [-0.4, -0.2) is 17.7 Å². The Bertz CT molecular complexity index is 412. The molecule has 0 aromatic heterocycles. The third-order valence-corrected chi connectivity index (χ3v) is 2.62. The van der Waals surface area contributed by atoms with E-state index in [1.165, 1.54) is 25.1 Å². The Morgan fingerprint density at radius 3 is 3.00 bits per heavy atom. The van der Waals surface area contributed by atoms with Crippen LogP contribution in [0.3, 0.4) is 0 Å². The lowest BCUT2D eigenvalue weighted by molar-refractivity contribution is 0.0695. The summed E-state index contributed by atoms with van der Waals surface area (Å²) >= 11 is 0. The van der Waals surface area contributed by atoms with Gasteiger partial charge in [-0.1, -0.05) is 0 Å². The van der Waals surface area contributed by atoms with Crippen molar-refractivity contribution in [3.63, 3.8) is 0 Å². The van der Waals surface area contributed by atoms with Crippen LogP contribution in [-0.2, 0) is 5.67 Å². The molecule has 0 saturated carbocycles. The summed E-state index contributed by atoms with van der Waals surface area (Å²) in [5.74, 6) is -0.615. The summed E-state index contributed by atoms with van der Waals surface area (Å²) < 4.78 is 19.3. The molecule has 1 aliphatic heterocycles. The van der Waals surface area contributed by atoms with Crippen LogP contribution in [0.4, 0.5) is 4.39 Å². The van der Waals surface area contributed by atoms with Gasteiger partial charge in [0.2, 0.25) is 0 Å². The molecule has 0 bridgehead atoms. The van der Waals surface area contributed by atoms with Gasteiger partial charge in [-0.15, -0.1) is 0 Å². The molecule has 0 aliphatic carbocycles. The molecule has 1 aromatic rings. The van der Waals surface area contributed by atoms with Crippen molar-refractivity contribution in [2.45, 2.75) is 19.0 Å². The minimum atomic E-state index is -1.50. The van der Waals surface area contributed by atoms with E-state index in [4.69, 9.17) is 9.84 Å². The number of carboxylic acids is 1. The minimum absolute atomic E-state index is 0.0862. The van der Waals surface area contributed by atoms with E-state index in [1.54, 1.807) is 0 Å². The van der Waals surface area contributed by atoms with Gasteiger partial charge in [0.05, 0.1) is 12.2 Å². The van der Waals surface area contributed by atoms with Crippen LogP contribution in [0.1, 0.15) is 29.3 Å². The topological polar surface area (TPSA) is 46.5 Å². The first-order valence-corrected chi connectivity index (χ1v) is 4.70. The van der Waals surface area contributed by atoms with Gasteiger partial charge < -0.3 is 9.84 Å². The van der Waals surface area contributed by atoms with E-state index < -0.39 is 11.6 Å². The summed E-state index contributed by atoms with van der Waals surface area (Å²) in [5.41, 5.74) is -1.09. The molecular weight excluding hydrogens is 199 g/mol. The standard InChI is InChI=1S/C11H11FO3/c1-11(12)4-5-15-9-3-2-7(10(13)14)6-8(9)11/h2-3,6H,4-5H2,1H3,(H,13,14). The second kappa shape index (κ2) is 3.22. The molecule has 0 spiro atoms. The average molecular weight is 210 g/mol. The zero-order chi connectivity index (χ0) is 11.1. The Labute approximate surface area is 86.5 Å². The predicted octanol–water partition coefficient (Wildman–Crippen LogP) is 2.35. The zero-order valence-electron chi connectivity index (χ0n) is 8.29. The number of hydrogen-bond acceptors (Lipinski definition) is 2. The van der Waals surface area contributed by atoms with Gasteiger partial charge in [0.1, 0.15) is 11.4 Å². The van der Waals surface area contributed by atoms with E-state index in [9.17, 15) is 9.18 Å². The molecule has 1 aliphatic rings. The summed E-state index contributed by atoms with van der Waals surface area (Å²) in [6, 6.07) is 4.27. The number of fused-ring (bicyclic) bond motifs is 1. The maximum Gasteiger partial charge on any atom is 0.335 e. The van der Waals surface area contributed by atoms with E-state index in [0.717, 1.165) is 0 Å². The van der Waals surface area contributed by atoms with Crippen molar-refractivity contribution in [3.05, 3.63) is 29.3 Å². The lowest BCUT2D eigenvalue weighted by Crippen LogP contribution is -2.25. The Kier molecular flexibility index (Phi) is 2.14. The molecule has 1 N–H and O–H groups in total. The highest BCUT2D eigenvalue weighted by molar-refractivity contribution is 5.88. The van der Waals surface area contributed by atoms with Crippen molar-refractivity contribution in [2.24, 2.45) is 0 Å². The fraction of sp³-hybridized carbons (Fsp3) is 0.364. The van der Waals surface area contributed by atoms with Gasteiger partial charge in [-0.25, -0.2) is 9.18 Å². The Morgan fingerprint density at radius 2 is 2.33 bits per heavy atom. The Balaban J connectivity index is 2.53. The van der Waals surface area contributed by atoms with Gasteiger partial charge in [0.25, 0.3) is 0 Å². The van der Waals surface area contributed by atoms with E-state index in [-0.39, 0.29) is 12.0 Å². The molecule has 1 aromatic carbocycles. The molecular formula is C11H11FO3. The van der Waals surface area contributed by atoms with Crippen LogP contribution in [0.2, 0.25) is 0 Å². The summed E-state index contributed by atoms with van der Waals surface area (Å²) in [4.78, 5) is 10.7. The number of hydrogen-bond donors (Lipinski definition) is 1. The van der Waals surface area contributed by atoms with Crippen LogP contribution in [0.15, 0.2) is 18.2 Å². The van der Waals surface area contributed by atoms with E-state index in [0.29, 0.717) is 17.9 Å². The normalized spacial score (nSPS) is 24.1. The summed E-state index contributed by atoms with van der Waals surface area (Å²) in [7, 11) is 0. The quantitative estimate of drug-likeness (QED) is 0.773. The molecule has 1 unspecified atom stereocenters. The van der Waals surface area contributed by atoms with Gasteiger partial charge in [-0.2, -0.15) is 0 Å². The molecule has 1 atom stereocenters. The summed E-state index contributed by atoms with van der Waals surface area (Å²) in [6.07, 6.45) is 0.253. The smallest absolute Gasteiger partial charge is 0.335 e. The maximum atomic E-state index is 14.0. The molecule has 80 valence electrons. The number of halogens is 1. The minimum Gasteiger partial charge on any atom is -0.493 e. The van der Waals surface area contributed by atoms with Gasteiger partial charge in [0.15, 0.2) is 0 Å². The molecule has 0 saturated heterocycles. The number of rotatable bonds is 1. The average Bonchev–Trinajstić information content (AvgIpc) is 2.17. The lowest BCUT2D eigenvalue weighted by Gasteiger charge is -2.28. The van der Waals surface area contributed by atoms with Crippen molar-refractivity contribution in [1.82, 2.24) is 0 Å². The lowest BCUT2D eigenvalue weighted by atomic mass is 9.90. The van der Waals surface area contributed by atoms with Crippen molar-refractivity contribution >= 4 is 5.97 Å². The maximum absolute atomic E-state index is 14.0. The largest absolute Gasteiger partial charge is 0.493 e. The van der Waals surface area contributed by atoms with Crippen molar-refractivity contribution in [1.29, 1.82) is 0 Å². The first kappa shape index (κ1) is 9.96. The van der Waals surface area contributed by atoms with Crippen LogP contribution in [0.5, 0.6) is 5.75 Å². The Hall–Kier alpha value is -1.58. The molecule has 2 rings (SSSR count). The molecule has 4 heteroatoms. The van der Waals surface area contributed by atoms with E-state index >= 15 is 0 Å². The van der Waals surface area contributed by atoms with Crippen LogP contribution in [0, 0.1) is 0 Å². The van der Waals surface area contributed by atoms with E-state index in [2.05, 4.69) is 0 Å². The highest BCUT2D eigenvalue weighted by atomic mass is 19.1.